The minimum atomic E-state index is -2.92. The van der Waals surface area contributed by atoms with E-state index in [1.807, 2.05) is 0 Å². The first-order chi connectivity index (χ1) is 1.73. The predicted octanol–water partition coefficient (Wildman–Crippen LogP) is -4.71. The fourth-order valence-electron chi connectivity index (χ4n) is 0. The van der Waals surface area contributed by atoms with Crippen molar-refractivity contribution >= 4 is 54.8 Å². The van der Waals surface area contributed by atoms with Gasteiger partial charge in [0.1, 0.15) is 0 Å². The van der Waals surface area contributed by atoms with Crippen LogP contribution in [-0.2, 0) is 17.1 Å². The summed E-state index contributed by atoms with van der Waals surface area (Å²) in [5, 5.41) is 25.2. The van der Waals surface area contributed by atoms with Gasteiger partial charge < -0.3 is 15.1 Å². The summed E-state index contributed by atoms with van der Waals surface area (Å²) in [6.07, 6.45) is 0. The molecule has 3 radical (unpaired) electrons. The van der Waals surface area contributed by atoms with Crippen molar-refractivity contribution in [3.05, 3.63) is 0 Å². The molecule has 0 spiro atoms. The molecule has 0 N–H and O–H groups in total. The van der Waals surface area contributed by atoms with E-state index in [-0.39, 0.29) is 64.5 Å². The minimum absolute atomic E-state index is 0. The zero-order chi connectivity index (χ0) is 3.58. The van der Waals surface area contributed by atoms with E-state index in [1.54, 1.807) is 0 Å². The SMILES string of the molecule is [Mg+2].[Mn+2].[O-]B([O-])[O-].[Sb+3]. The Kier molecular flexibility index (Phi) is 51.5. The molecule has 0 aliphatic rings. The normalized spacial score (nSPS) is 3.86. The Morgan fingerprint density at radius 3 is 1.00 bits per heavy atom. The van der Waals surface area contributed by atoms with E-state index in [0.717, 1.165) is 0 Å². The summed E-state index contributed by atoms with van der Waals surface area (Å²) in [7, 11) is -2.92. The zero-order valence-corrected chi connectivity index (χ0v) is 8.48. The number of hydrogen-bond donors (Lipinski definition) is 0. The van der Waals surface area contributed by atoms with Crippen LogP contribution in [0.5, 0.6) is 0 Å². The Morgan fingerprint density at radius 2 is 1.00 bits per heavy atom. The van der Waals surface area contributed by atoms with Crippen LogP contribution < -0.4 is 15.1 Å². The second-order valence-corrected chi connectivity index (χ2v) is 0.289. The average Bonchev–Trinajstić information content (AvgIpc) is 0.811. The van der Waals surface area contributed by atoms with Crippen LogP contribution in [-0.4, -0.2) is 54.8 Å². The van der Waals surface area contributed by atoms with Crippen molar-refractivity contribution in [2.45, 2.75) is 0 Å². The maximum Gasteiger partial charge on any atom is 3.00 e. The molecule has 0 aliphatic carbocycles. The number of rotatable bonds is 0. The Morgan fingerprint density at radius 1 is 1.00 bits per heavy atom. The molecule has 7 heavy (non-hydrogen) atoms. The third kappa shape index (κ3) is 70.2. The summed E-state index contributed by atoms with van der Waals surface area (Å²) in [4.78, 5) is 0. The molecule has 0 aromatic carbocycles. The van der Waals surface area contributed by atoms with Crippen LogP contribution in [0.15, 0.2) is 0 Å². The fraction of sp³-hybridized carbons (Fsp3) is 0. The van der Waals surface area contributed by atoms with E-state index in [1.165, 1.54) is 0 Å². The van der Waals surface area contributed by atoms with Crippen molar-refractivity contribution in [1.82, 2.24) is 0 Å². The van der Waals surface area contributed by atoms with Crippen LogP contribution in [0, 0.1) is 0 Å². The maximum absolute atomic E-state index is 8.42. The Bertz CT molecular complexity index is 19.7. The van der Waals surface area contributed by atoms with Crippen molar-refractivity contribution in [2.75, 3.05) is 0 Å². The van der Waals surface area contributed by atoms with Crippen molar-refractivity contribution in [3.8, 4) is 0 Å². The summed E-state index contributed by atoms with van der Waals surface area (Å²) in [5.41, 5.74) is 0. The van der Waals surface area contributed by atoms with Gasteiger partial charge in [0, 0.05) is 0 Å². The monoisotopic (exact) mass is 259 g/mol. The summed E-state index contributed by atoms with van der Waals surface area (Å²) in [6, 6.07) is 0. The third-order valence-corrected chi connectivity index (χ3v) is 0. The van der Waals surface area contributed by atoms with Gasteiger partial charge >= 0.3 is 64.5 Å². The molecule has 0 rings (SSSR count). The molecule has 0 fully saturated rings. The molecular formula is BMgMnO3Sb+4. The van der Waals surface area contributed by atoms with Crippen LogP contribution in [0.1, 0.15) is 0 Å². The van der Waals surface area contributed by atoms with Crippen LogP contribution in [0.3, 0.4) is 0 Å². The second kappa shape index (κ2) is 15.7. The van der Waals surface area contributed by atoms with Gasteiger partial charge in [-0.3, -0.25) is 7.32 Å². The smallest absolute Gasteiger partial charge is 0.907 e. The van der Waals surface area contributed by atoms with Crippen molar-refractivity contribution < 1.29 is 32.1 Å². The molecule has 0 unspecified atom stereocenters. The van der Waals surface area contributed by atoms with Gasteiger partial charge in [0.05, 0.1) is 0 Å². The molecular weight excluding hydrogens is 260 g/mol. The van der Waals surface area contributed by atoms with Gasteiger partial charge in [0.25, 0.3) is 0 Å². The molecule has 0 amide bonds. The zero-order valence-electron chi connectivity index (χ0n) is 3.33. The first-order valence-corrected chi connectivity index (χ1v) is 0.707. The van der Waals surface area contributed by atoms with Crippen LogP contribution >= 0.6 is 0 Å². The van der Waals surface area contributed by atoms with E-state index in [9.17, 15) is 0 Å². The van der Waals surface area contributed by atoms with Gasteiger partial charge in [-0.25, -0.2) is 0 Å². The molecule has 0 aromatic rings. The molecule has 0 atom stereocenters. The van der Waals surface area contributed by atoms with Crippen LogP contribution in [0.2, 0.25) is 0 Å². The quantitative estimate of drug-likeness (QED) is 0.411. The minimum Gasteiger partial charge on any atom is -0.907 e. The molecule has 0 aromatic heterocycles. The van der Waals surface area contributed by atoms with Gasteiger partial charge in [-0.15, -0.1) is 0 Å². The van der Waals surface area contributed by atoms with E-state index >= 15 is 0 Å². The average molecular weight is 260 g/mol. The van der Waals surface area contributed by atoms with Crippen molar-refractivity contribution in [1.29, 1.82) is 0 Å². The molecule has 3 nitrogen and oxygen atoms in total. The molecule has 0 bridgehead atoms. The van der Waals surface area contributed by atoms with E-state index in [2.05, 4.69) is 0 Å². The van der Waals surface area contributed by atoms with Gasteiger partial charge in [0.2, 0.25) is 0 Å². The third-order valence-electron chi connectivity index (χ3n) is 0. The van der Waals surface area contributed by atoms with Crippen molar-refractivity contribution in [3.63, 3.8) is 0 Å². The predicted molar refractivity (Wildman–Crippen MR) is 17.3 cm³/mol. The van der Waals surface area contributed by atoms with Gasteiger partial charge in [0.15, 0.2) is 0 Å². The first kappa shape index (κ1) is 23.0. The second-order valence-electron chi connectivity index (χ2n) is 0.289. The maximum atomic E-state index is 8.42. The largest absolute Gasteiger partial charge is 3.00 e. The first-order valence-electron chi connectivity index (χ1n) is 0.707. The topological polar surface area (TPSA) is 69.2 Å². The van der Waals surface area contributed by atoms with Gasteiger partial charge in [-0.2, -0.15) is 0 Å². The molecule has 31 valence electrons. The standard InChI is InChI=1S/BO3.Mg.Mn.Sb/c2-1(3)4;;;/q-3;2*+2;+3. The molecule has 0 aliphatic heterocycles. The van der Waals surface area contributed by atoms with Crippen molar-refractivity contribution in [2.24, 2.45) is 0 Å². The van der Waals surface area contributed by atoms with E-state index < -0.39 is 7.32 Å². The summed E-state index contributed by atoms with van der Waals surface area (Å²) < 4.78 is 0. The molecule has 7 heteroatoms. The van der Waals surface area contributed by atoms with Gasteiger partial charge in [-0.1, -0.05) is 0 Å². The summed E-state index contributed by atoms with van der Waals surface area (Å²) in [5.74, 6) is 0. The summed E-state index contributed by atoms with van der Waals surface area (Å²) >= 11 is 0. The molecule has 0 saturated carbocycles. The van der Waals surface area contributed by atoms with E-state index in [0.29, 0.717) is 0 Å². The fourth-order valence-corrected chi connectivity index (χ4v) is 0. The Labute approximate surface area is 86.1 Å². The van der Waals surface area contributed by atoms with Gasteiger partial charge in [-0.05, 0) is 0 Å². The molecule has 0 heterocycles. The van der Waals surface area contributed by atoms with Crippen LogP contribution in [0.4, 0.5) is 0 Å². The number of hydrogen-bond acceptors (Lipinski definition) is 3. The summed E-state index contributed by atoms with van der Waals surface area (Å²) in [6.45, 7) is 0. The van der Waals surface area contributed by atoms with Crippen LogP contribution in [0.25, 0.3) is 0 Å². The Hall–Kier alpha value is 2.05. The Balaban J connectivity index is -0.0000000150. The molecule has 0 saturated heterocycles. The van der Waals surface area contributed by atoms with E-state index in [4.69, 9.17) is 15.1 Å².